The van der Waals surface area contributed by atoms with Gasteiger partial charge in [-0.2, -0.15) is 0 Å². The molecule has 145 valence electrons. The second-order valence-corrected chi connectivity index (χ2v) is 8.38. The van der Waals surface area contributed by atoms with Gasteiger partial charge in [0, 0.05) is 0 Å². The van der Waals surface area contributed by atoms with E-state index in [9.17, 15) is 0 Å². The number of halogens is 2. The van der Waals surface area contributed by atoms with Gasteiger partial charge in [-0.25, -0.2) is 0 Å². The SMILES string of the molecule is [Cl-].[Cl-].[Zr+2][C]1=C(C2C=Cc3ccccc32)C=CC1=C(c1ccccc1)c1ccccc1. The molecule has 3 aromatic carbocycles. The van der Waals surface area contributed by atoms with Crippen molar-refractivity contribution in [2.24, 2.45) is 0 Å². The van der Waals surface area contributed by atoms with E-state index in [0.717, 1.165) is 0 Å². The van der Waals surface area contributed by atoms with Crippen LogP contribution in [0, 0.1) is 0 Å². The van der Waals surface area contributed by atoms with Gasteiger partial charge < -0.3 is 24.8 Å². The summed E-state index contributed by atoms with van der Waals surface area (Å²) in [4.78, 5) is 0. The maximum atomic E-state index is 2.35. The third-order valence-corrected chi connectivity index (χ3v) is 6.89. The summed E-state index contributed by atoms with van der Waals surface area (Å²) < 4.78 is 1.46. The molecule has 5 rings (SSSR count). The van der Waals surface area contributed by atoms with Crippen LogP contribution in [0.5, 0.6) is 0 Å². The minimum absolute atomic E-state index is 0. The van der Waals surface area contributed by atoms with Gasteiger partial charge in [-0.15, -0.1) is 0 Å². The quantitative estimate of drug-likeness (QED) is 0.491. The van der Waals surface area contributed by atoms with E-state index in [1.54, 1.807) is 0 Å². The Morgan fingerprint density at radius 1 is 0.633 bits per heavy atom. The van der Waals surface area contributed by atoms with Crippen LogP contribution in [0.15, 0.2) is 118 Å². The number of hydrogen-bond donors (Lipinski definition) is 0. The Bertz CT molecular complexity index is 1110. The summed E-state index contributed by atoms with van der Waals surface area (Å²) in [6.07, 6.45) is 9.27. The molecule has 0 heterocycles. The van der Waals surface area contributed by atoms with E-state index >= 15 is 0 Å². The fourth-order valence-electron chi connectivity index (χ4n) is 4.17. The summed E-state index contributed by atoms with van der Waals surface area (Å²) in [6.45, 7) is 0. The molecule has 0 saturated carbocycles. The molecular weight excluding hydrogens is 486 g/mol. The van der Waals surface area contributed by atoms with Gasteiger partial charge in [0.15, 0.2) is 0 Å². The van der Waals surface area contributed by atoms with E-state index < -0.39 is 0 Å². The van der Waals surface area contributed by atoms with Crippen molar-refractivity contribution in [3.63, 3.8) is 0 Å². The van der Waals surface area contributed by atoms with Gasteiger partial charge in [-0.1, -0.05) is 0 Å². The van der Waals surface area contributed by atoms with Crippen molar-refractivity contribution in [1.82, 2.24) is 0 Å². The van der Waals surface area contributed by atoms with E-state index in [4.69, 9.17) is 0 Å². The molecule has 0 spiro atoms. The van der Waals surface area contributed by atoms with Gasteiger partial charge in [0.25, 0.3) is 0 Å². The van der Waals surface area contributed by atoms with Crippen molar-refractivity contribution in [2.45, 2.75) is 5.92 Å². The van der Waals surface area contributed by atoms with Gasteiger partial charge in [0.2, 0.25) is 0 Å². The van der Waals surface area contributed by atoms with Crippen molar-refractivity contribution >= 4 is 11.6 Å². The van der Waals surface area contributed by atoms with Crippen LogP contribution in [-0.2, 0) is 24.7 Å². The molecule has 0 radical (unpaired) electrons. The first-order chi connectivity index (χ1) is 13.8. The Morgan fingerprint density at radius 2 is 1.20 bits per heavy atom. The first kappa shape index (κ1) is 22.8. The second-order valence-electron chi connectivity index (χ2n) is 7.15. The summed E-state index contributed by atoms with van der Waals surface area (Å²) in [5.74, 6) is 0.368. The van der Waals surface area contributed by atoms with E-state index in [2.05, 4.69) is 109 Å². The summed E-state index contributed by atoms with van der Waals surface area (Å²) in [5.41, 5.74) is 9.45. The molecule has 1 unspecified atom stereocenters. The number of hydrogen-bond acceptors (Lipinski definition) is 0. The number of fused-ring (bicyclic) bond motifs is 1. The van der Waals surface area contributed by atoms with Crippen molar-refractivity contribution in [3.05, 3.63) is 140 Å². The molecule has 1 atom stereocenters. The number of benzene rings is 3. The normalized spacial score (nSPS) is 16.2. The Balaban J connectivity index is 0.00000128. The Morgan fingerprint density at radius 3 is 1.83 bits per heavy atom. The molecule has 3 heteroatoms. The molecule has 0 aromatic heterocycles. The minimum atomic E-state index is 0. The molecule has 30 heavy (non-hydrogen) atoms. The molecule has 0 saturated heterocycles. The van der Waals surface area contributed by atoms with Crippen LogP contribution in [0.2, 0.25) is 0 Å². The van der Waals surface area contributed by atoms with E-state index in [1.807, 2.05) is 0 Å². The number of rotatable bonds is 3. The predicted molar refractivity (Wildman–Crippen MR) is 113 cm³/mol. The molecule has 0 amide bonds. The van der Waals surface area contributed by atoms with Crippen molar-refractivity contribution in [3.8, 4) is 0 Å². The van der Waals surface area contributed by atoms with E-state index in [0.29, 0.717) is 5.92 Å². The third kappa shape index (κ3) is 4.12. The van der Waals surface area contributed by atoms with Crippen LogP contribution in [0.25, 0.3) is 11.6 Å². The van der Waals surface area contributed by atoms with Crippen molar-refractivity contribution in [2.75, 3.05) is 0 Å². The van der Waals surface area contributed by atoms with Crippen LogP contribution in [0.1, 0.15) is 28.2 Å². The number of allylic oxidation sites excluding steroid dienone is 6. The molecule has 0 fully saturated rings. The molecule has 0 aliphatic heterocycles. The average molecular weight is 506 g/mol. The van der Waals surface area contributed by atoms with Crippen LogP contribution >= 0.6 is 0 Å². The Labute approximate surface area is 205 Å². The van der Waals surface area contributed by atoms with Crippen molar-refractivity contribution in [1.29, 1.82) is 0 Å². The van der Waals surface area contributed by atoms with Gasteiger partial charge >= 0.3 is 182 Å². The Hall–Kier alpha value is -1.92. The van der Waals surface area contributed by atoms with Gasteiger partial charge in [0.05, 0.1) is 0 Å². The zero-order valence-corrected chi connectivity index (χ0v) is 20.2. The topological polar surface area (TPSA) is 0 Å². The average Bonchev–Trinajstić information content (AvgIpc) is 3.34. The van der Waals surface area contributed by atoms with E-state index in [-0.39, 0.29) is 24.8 Å². The van der Waals surface area contributed by atoms with Crippen molar-refractivity contribution < 1.29 is 49.5 Å². The van der Waals surface area contributed by atoms with Gasteiger partial charge in [0.1, 0.15) is 0 Å². The summed E-state index contributed by atoms with van der Waals surface area (Å²) >= 11 is 1.46. The standard InChI is InChI=1S/C27H19.2ClH.Zr/c1-3-10-21(11-4-1)27(22-12-5-2-6-13-22)24-16-15-23(19-24)26-18-17-20-9-7-8-14-25(20)26;;;/h1-18,26H;2*1H;/q;;;+2/p-2. The molecular formula is C27H19Cl2Zr. The molecule has 0 bridgehead atoms. The Kier molecular flexibility index (Phi) is 7.53. The zero-order chi connectivity index (χ0) is 18.9. The third-order valence-electron chi connectivity index (χ3n) is 5.52. The first-order valence-electron chi connectivity index (χ1n) is 9.59. The maximum absolute atomic E-state index is 2.35. The zero-order valence-electron chi connectivity index (χ0n) is 16.2. The molecule has 0 N–H and O–H groups in total. The summed E-state index contributed by atoms with van der Waals surface area (Å²) in [5, 5.41) is 0. The molecule has 2 aliphatic carbocycles. The van der Waals surface area contributed by atoms with Crippen LogP contribution < -0.4 is 24.8 Å². The molecule has 0 nitrogen and oxygen atoms in total. The monoisotopic (exact) mass is 503 g/mol. The van der Waals surface area contributed by atoms with Gasteiger partial charge in [-0.3, -0.25) is 0 Å². The summed E-state index contributed by atoms with van der Waals surface area (Å²) in [7, 11) is 0. The summed E-state index contributed by atoms with van der Waals surface area (Å²) in [6, 6.07) is 30.3. The van der Waals surface area contributed by atoms with Gasteiger partial charge in [-0.05, 0) is 0 Å². The van der Waals surface area contributed by atoms with E-state index in [1.165, 1.54) is 67.0 Å². The van der Waals surface area contributed by atoms with Crippen LogP contribution in [0.3, 0.4) is 0 Å². The molecule has 2 aliphatic rings. The fourth-order valence-corrected chi connectivity index (χ4v) is 5.27. The van der Waals surface area contributed by atoms with Crippen LogP contribution in [0.4, 0.5) is 0 Å². The van der Waals surface area contributed by atoms with Crippen LogP contribution in [-0.4, -0.2) is 0 Å². The fraction of sp³-hybridized carbons (Fsp3) is 0.0370. The predicted octanol–water partition coefficient (Wildman–Crippen LogP) is 0.678. The first-order valence-corrected chi connectivity index (χ1v) is 10.8. The second kappa shape index (κ2) is 9.93. The molecule has 3 aromatic rings.